The van der Waals surface area contributed by atoms with Crippen LogP contribution >= 0.6 is 0 Å². The van der Waals surface area contributed by atoms with Crippen molar-refractivity contribution in [3.63, 3.8) is 0 Å². The fourth-order valence-electron chi connectivity index (χ4n) is 1.65. The summed E-state index contributed by atoms with van der Waals surface area (Å²) in [6.45, 7) is 4.55. The molecule has 2 rings (SSSR count). The van der Waals surface area contributed by atoms with Crippen LogP contribution < -0.4 is 10.0 Å². The third-order valence-electron chi connectivity index (χ3n) is 2.66. The fourth-order valence-corrected chi connectivity index (χ4v) is 2.54. The maximum Gasteiger partial charge on any atom is 0.243 e. The predicted octanol–water partition coefficient (Wildman–Crippen LogP) is 1.09. The Balaban J connectivity index is 2.07. The lowest BCUT2D eigenvalue weighted by molar-refractivity contribution is 0.579. The van der Waals surface area contributed by atoms with Crippen LogP contribution in [0.25, 0.3) is 0 Å². The quantitative estimate of drug-likeness (QED) is 0.829. The van der Waals surface area contributed by atoms with E-state index < -0.39 is 10.0 Å². The van der Waals surface area contributed by atoms with E-state index in [-0.39, 0.29) is 11.4 Å². The third-order valence-corrected chi connectivity index (χ3v) is 4.02. The molecule has 0 spiro atoms. The number of nitrogens with one attached hydrogen (secondary N) is 2. The van der Waals surface area contributed by atoms with E-state index in [0.717, 1.165) is 5.69 Å². The normalized spacial score (nSPS) is 11.3. The zero-order valence-electron chi connectivity index (χ0n) is 11.9. The molecule has 2 aromatic rings. The van der Waals surface area contributed by atoms with E-state index >= 15 is 0 Å². The van der Waals surface area contributed by atoms with Gasteiger partial charge in [-0.1, -0.05) is 6.07 Å². The summed E-state index contributed by atoms with van der Waals surface area (Å²) in [5.74, 6) is 0.400. The van der Waals surface area contributed by atoms with Crippen LogP contribution in [0.2, 0.25) is 0 Å². The summed E-state index contributed by atoms with van der Waals surface area (Å²) in [5, 5.41) is 2.90. The van der Waals surface area contributed by atoms with E-state index in [9.17, 15) is 8.42 Å². The minimum atomic E-state index is -3.65. The predicted molar refractivity (Wildman–Crippen MR) is 79.2 cm³/mol. The van der Waals surface area contributed by atoms with Crippen molar-refractivity contribution in [2.75, 3.05) is 11.9 Å². The van der Waals surface area contributed by atoms with Gasteiger partial charge in [0.2, 0.25) is 16.0 Å². The van der Waals surface area contributed by atoms with Crippen molar-refractivity contribution >= 4 is 16.0 Å². The molecule has 2 aromatic heterocycles. The van der Waals surface area contributed by atoms with E-state index in [1.807, 2.05) is 26.0 Å². The Morgan fingerprint density at radius 2 is 1.90 bits per heavy atom. The molecule has 0 aliphatic rings. The van der Waals surface area contributed by atoms with E-state index in [1.54, 1.807) is 6.07 Å². The van der Waals surface area contributed by atoms with Crippen molar-refractivity contribution in [1.82, 2.24) is 19.7 Å². The first-order chi connectivity index (χ1) is 10.0. The van der Waals surface area contributed by atoms with Gasteiger partial charge in [-0.05, 0) is 26.0 Å². The van der Waals surface area contributed by atoms with Gasteiger partial charge in [0.05, 0.1) is 24.6 Å². The van der Waals surface area contributed by atoms with Gasteiger partial charge in [0, 0.05) is 12.2 Å². The van der Waals surface area contributed by atoms with Crippen LogP contribution in [0, 0.1) is 6.92 Å². The molecule has 7 nitrogen and oxygen atoms in total. The Bertz CT molecular complexity index is 701. The maximum absolute atomic E-state index is 12.1. The number of aryl methyl sites for hydroxylation is 1. The molecule has 0 unspecified atom stereocenters. The zero-order chi connectivity index (χ0) is 15.3. The zero-order valence-corrected chi connectivity index (χ0v) is 12.7. The lowest BCUT2D eigenvalue weighted by Gasteiger charge is -2.07. The maximum atomic E-state index is 12.1. The number of rotatable bonds is 6. The number of pyridine rings is 1. The van der Waals surface area contributed by atoms with E-state index in [0.29, 0.717) is 18.2 Å². The Hall–Kier alpha value is -2.06. The van der Waals surface area contributed by atoms with Crippen LogP contribution in [-0.4, -0.2) is 29.9 Å². The van der Waals surface area contributed by atoms with Crippen LogP contribution in [0.15, 0.2) is 35.5 Å². The van der Waals surface area contributed by atoms with E-state index in [4.69, 9.17) is 0 Å². The molecule has 112 valence electrons. The Morgan fingerprint density at radius 3 is 2.52 bits per heavy atom. The standard InChI is InChI=1S/C13H17N5O2S/c1-3-14-13-15-8-12(9-16-13)21(19,20)17-7-11-6-4-5-10(2)18-11/h4-6,8-9,17H,3,7H2,1-2H3,(H,14,15,16). The lowest BCUT2D eigenvalue weighted by Crippen LogP contribution is -2.24. The van der Waals surface area contributed by atoms with Crippen LogP contribution in [0.4, 0.5) is 5.95 Å². The van der Waals surface area contributed by atoms with Crippen LogP contribution in [-0.2, 0) is 16.6 Å². The van der Waals surface area contributed by atoms with Gasteiger partial charge >= 0.3 is 0 Å². The molecule has 0 atom stereocenters. The molecule has 21 heavy (non-hydrogen) atoms. The Morgan fingerprint density at radius 1 is 1.19 bits per heavy atom. The molecule has 0 amide bonds. The van der Waals surface area contributed by atoms with Crippen molar-refractivity contribution in [2.45, 2.75) is 25.3 Å². The first kappa shape index (κ1) is 15.3. The van der Waals surface area contributed by atoms with E-state index in [2.05, 4.69) is 25.0 Å². The molecular formula is C13H17N5O2S. The molecule has 0 radical (unpaired) electrons. The summed E-state index contributed by atoms with van der Waals surface area (Å²) < 4.78 is 26.7. The largest absolute Gasteiger partial charge is 0.355 e. The molecule has 2 heterocycles. The number of hydrogen-bond donors (Lipinski definition) is 2. The highest BCUT2D eigenvalue weighted by atomic mass is 32.2. The van der Waals surface area contributed by atoms with Gasteiger partial charge in [-0.3, -0.25) is 4.98 Å². The number of nitrogens with zero attached hydrogens (tertiary/aromatic N) is 3. The number of aromatic nitrogens is 3. The second-order valence-electron chi connectivity index (χ2n) is 4.37. The Labute approximate surface area is 123 Å². The highest BCUT2D eigenvalue weighted by Gasteiger charge is 2.15. The first-order valence-corrected chi connectivity index (χ1v) is 7.97. The average molecular weight is 307 g/mol. The summed E-state index contributed by atoms with van der Waals surface area (Å²) in [6, 6.07) is 5.45. The molecule has 0 bridgehead atoms. The molecule has 0 saturated carbocycles. The van der Waals surface area contributed by atoms with Crippen molar-refractivity contribution in [3.8, 4) is 0 Å². The second-order valence-corrected chi connectivity index (χ2v) is 6.13. The summed E-state index contributed by atoms with van der Waals surface area (Å²) >= 11 is 0. The number of hydrogen-bond acceptors (Lipinski definition) is 6. The minimum absolute atomic E-state index is 0.0248. The van der Waals surface area contributed by atoms with Crippen LogP contribution in [0.5, 0.6) is 0 Å². The summed E-state index contributed by atoms with van der Waals surface area (Å²) in [4.78, 5) is 12.2. The smallest absolute Gasteiger partial charge is 0.243 e. The summed E-state index contributed by atoms with van der Waals surface area (Å²) in [5.41, 5.74) is 1.49. The number of anilines is 1. The van der Waals surface area contributed by atoms with Gasteiger partial charge in [0.25, 0.3) is 0 Å². The van der Waals surface area contributed by atoms with Crippen molar-refractivity contribution in [1.29, 1.82) is 0 Å². The van der Waals surface area contributed by atoms with Gasteiger partial charge in [-0.15, -0.1) is 0 Å². The first-order valence-electron chi connectivity index (χ1n) is 6.49. The second kappa shape index (κ2) is 6.59. The Kier molecular flexibility index (Phi) is 4.81. The van der Waals surface area contributed by atoms with Gasteiger partial charge in [0.15, 0.2) is 0 Å². The summed E-state index contributed by atoms with van der Waals surface area (Å²) in [7, 11) is -3.65. The highest BCUT2D eigenvalue weighted by molar-refractivity contribution is 7.89. The summed E-state index contributed by atoms with van der Waals surface area (Å²) in [6.07, 6.45) is 2.55. The molecule has 0 fully saturated rings. The van der Waals surface area contributed by atoms with Gasteiger partial charge < -0.3 is 5.32 Å². The molecular weight excluding hydrogens is 290 g/mol. The molecule has 0 aliphatic heterocycles. The van der Waals surface area contributed by atoms with Crippen LogP contribution in [0.3, 0.4) is 0 Å². The molecule has 0 saturated heterocycles. The van der Waals surface area contributed by atoms with Crippen molar-refractivity contribution < 1.29 is 8.42 Å². The van der Waals surface area contributed by atoms with Crippen molar-refractivity contribution in [3.05, 3.63) is 42.0 Å². The van der Waals surface area contributed by atoms with Gasteiger partial charge in [0.1, 0.15) is 4.90 Å². The van der Waals surface area contributed by atoms with Gasteiger partial charge in [-0.2, -0.15) is 0 Å². The van der Waals surface area contributed by atoms with Gasteiger partial charge in [-0.25, -0.2) is 23.1 Å². The van der Waals surface area contributed by atoms with E-state index in [1.165, 1.54) is 12.4 Å². The minimum Gasteiger partial charge on any atom is -0.355 e. The molecule has 8 heteroatoms. The van der Waals surface area contributed by atoms with Crippen molar-refractivity contribution in [2.24, 2.45) is 0 Å². The monoisotopic (exact) mass is 307 g/mol. The molecule has 0 aromatic carbocycles. The topological polar surface area (TPSA) is 96.9 Å². The highest BCUT2D eigenvalue weighted by Crippen LogP contribution is 2.08. The third kappa shape index (κ3) is 4.20. The average Bonchev–Trinajstić information content (AvgIpc) is 2.46. The fraction of sp³-hybridized carbons (Fsp3) is 0.308. The SMILES string of the molecule is CCNc1ncc(S(=O)(=O)NCc2cccc(C)n2)cn1. The number of sulfonamides is 1. The lowest BCUT2D eigenvalue weighted by atomic mass is 10.3. The molecule has 0 aliphatic carbocycles. The molecule has 2 N–H and O–H groups in total. The van der Waals surface area contributed by atoms with Crippen LogP contribution in [0.1, 0.15) is 18.3 Å².